The Bertz CT molecular complexity index is 772. The maximum Gasteiger partial charge on any atom is 0.253 e. The molecule has 0 N–H and O–H groups in total. The Morgan fingerprint density at radius 3 is 2.55 bits per heavy atom. The second kappa shape index (κ2) is 5.31. The molecular weight excluding hydrogens is 274 g/mol. The van der Waals surface area contributed by atoms with Crippen LogP contribution in [-0.2, 0) is 0 Å². The molecule has 0 aliphatic rings. The second-order valence-corrected chi connectivity index (χ2v) is 4.59. The highest BCUT2D eigenvalue weighted by molar-refractivity contribution is 6.68. The largest absolute Gasteiger partial charge is 0.457 e. The summed E-state index contributed by atoms with van der Waals surface area (Å²) in [4.78, 5) is 15.3. The van der Waals surface area contributed by atoms with Crippen LogP contribution < -0.4 is 4.74 Å². The molecule has 3 aromatic rings. The molecule has 2 aromatic carbocycles. The monoisotopic (exact) mass is 283 g/mol. The van der Waals surface area contributed by atoms with Gasteiger partial charge in [-0.25, -0.2) is 0 Å². The average Bonchev–Trinajstić information content (AvgIpc) is 2.47. The first-order chi connectivity index (χ1) is 9.74. The third kappa shape index (κ3) is 2.49. The molecule has 0 bridgehead atoms. The summed E-state index contributed by atoms with van der Waals surface area (Å²) in [6.07, 6.45) is 3.33. The van der Waals surface area contributed by atoms with Crippen LogP contribution in [-0.4, -0.2) is 10.2 Å². The zero-order valence-electron chi connectivity index (χ0n) is 10.4. The molecule has 0 fully saturated rings. The number of nitrogens with zero attached hydrogens (tertiary/aromatic N) is 1. The summed E-state index contributed by atoms with van der Waals surface area (Å²) in [6.45, 7) is 0. The number of rotatable bonds is 3. The number of benzene rings is 2. The fourth-order valence-corrected chi connectivity index (χ4v) is 2.20. The fraction of sp³-hybridized carbons (Fsp3) is 0. The minimum atomic E-state index is -0.460. The van der Waals surface area contributed by atoms with E-state index < -0.39 is 5.24 Å². The van der Waals surface area contributed by atoms with E-state index in [9.17, 15) is 4.79 Å². The Balaban J connectivity index is 2.01. The van der Waals surface area contributed by atoms with E-state index in [1.54, 1.807) is 36.7 Å². The van der Waals surface area contributed by atoms with Crippen molar-refractivity contribution in [3.8, 4) is 11.5 Å². The molecule has 0 radical (unpaired) electrons. The lowest BCUT2D eigenvalue weighted by Gasteiger charge is -2.07. The van der Waals surface area contributed by atoms with Gasteiger partial charge in [0.1, 0.15) is 11.5 Å². The standard InChI is InChI=1S/C16H10ClNO2/c17-16(19)15-3-1-2-11-10-13(4-5-14(11)15)20-12-6-8-18-9-7-12/h1-10H. The van der Waals surface area contributed by atoms with Crippen molar-refractivity contribution in [2.24, 2.45) is 0 Å². The number of pyridine rings is 1. The lowest BCUT2D eigenvalue weighted by Crippen LogP contribution is -1.91. The molecule has 0 spiro atoms. The molecule has 98 valence electrons. The van der Waals surface area contributed by atoms with Crippen LogP contribution in [0.2, 0.25) is 0 Å². The molecule has 1 aromatic heterocycles. The molecule has 3 nitrogen and oxygen atoms in total. The van der Waals surface area contributed by atoms with Gasteiger partial charge >= 0.3 is 0 Å². The third-order valence-corrected chi connectivity index (χ3v) is 3.15. The Labute approximate surface area is 120 Å². The number of hydrogen-bond donors (Lipinski definition) is 0. The van der Waals surface area contributed by atoms with Gasteiger partial charge in [-0.15, -0.1) is 0 Å². The molecule has 0 aliphatic heterocycles. The second-order valence-electron chi connectivity index (χ2n) is 4.25. The van der Waals surface area contributed by atoms with Crippen LogP contribution in [0.3, 0.4) is 0 Å². The quantitative estimate of drug-likeness (QED) is 0.669. The van der Waals surface area contributed by atoms with Crippen molar-refractivity contribution in [3.63, 3.8) is 0 Å². The predicted octanol–water partition coefficient (Wildman–Crippen LogP) is 4.41. The van der Waals surface area contributed by atoms with Crippen molar-refractivity contribution in [3.05, 3.63) is 66.5 Å². The molecule has 0 unspecified atom stereocenters. The normalized spacial score (nSPS) is 10.4. The molecular formula is C16H10ClNO2. The fourth-order valence-electron chi connectivity index (χ4n) is 2.04. The van der Waals surface area contributed by atoms with Gasteiger partial charge in [0.25, 0.3) is 5.24 Å². The van der Waals surface area contributed by atoms with Crippen LogP contribution in [0.1, 0.15) is 10.4 Å². The number of halogens is 1. The smallest absolute Gasteiger partial charge is 0.253 e. The Hall–Kier alpha value is -2.39. The molecule has 0 atom stereocenters. The van der Waals surface area contributed by atoms with Crippen LogP contribution in [0.4, 0.5) is 0 Å². The minimum absolute atomic E-state index is 0.460. The maximum atomic E-state index is 11.4. The van der Waals surface area contributed by atoms with Crippen LogP contribution in [0, 0.1) is 0 Å². The molecule has 1 heterocycles. The first kappa shape index (κ1) is 12.6. The van der Waals surface area contributed by atoms with Gasteiger partial charge < -0.3 is 4.74 Å². The van der Waals surface area contributed by atoms with Gasteiger partial charge in [0.05, 0.1) is 0 Å². The van der Waals surface area contributed by atoms with Crippen molar-refractivity contribution in [2.75, 3.05) is 0 Å². The van der Waals surface area contributed by atoms with E-state index in [4.69, 9.17) is 16.3 Å². The van der Waals surface area contributed by atoms with Crippen LogP contribution in [0.5, 0.6) is 11.5 Å². The van der Waals surface area contributed by atoms with Gasteiger partial charge in [-0.2, -0.15) is 0 Å². The number of ether oxygens (including phenoxy) is 1. The third-order valence-electron chi connectivity index (χ3n) is 2.95. The Kier molecular flexibility index (Phi) is 3.35. The summed E-state index contributed by atoms with van der Waals surface area (Å²) in [6, 6.07) is 14.5. The SMILES string of the molecule is O=C(Cl)c1cccc2cc(Oc3ccncc3)ccc12. The van der Waals surface area contributed by atoms with E-state index >= 15 is 0 Å². The lowest BCUT2D eigenvalue weighted by molar-refractivity contribution is 0.108. The van der Waals surface area contributed by atoms with E-state index in [1.807, 2.05) is 24.3 Å². The van der Waals surface area contributed by atoms with Gasteiger partial charge in [-0.05, 0) is 58.8 Å². The number of fused-ring (bicyclic) bond motifs is 1. The summed E-state index contributed by atoms with van der Waals surface area (Å²) in [5, 5.41) is 1.26. The summed E-state index contributed by atoms with van der Waals surface area (Å²) < 4.78 is 5.73. The molecule has 0 amide bonds. The van der Waals surface area contributed by atoms with Gasteiger partial charge in [-0.3, -0.25) is 9.78 Å². The minimum Gasteiger partial charge on any atom is -0.457 e. The number of carbonyl (C=O) groups is 1. The maximum absolute atomic E-state index is 11.4. The molecule has 4 heteroatoms. The number of hydrogen-bond acceptors (Lipinski definition) is 3. The highest BCUT2D eigenvalue weighted by atomic mass is 35.5. The van der Waals surface area contributed by atoms with Gasteiger partial charge in [-0.1, -0.05) is 12.1 Å². The first-order valence-corrected chi connectivity index (χ1v) is 6.42. The van der Waals surface area contributed by atoms with E-state index in [0.717, 1.165) is 10.8 Å². The molecule has 0 saturated carbocycles. The van der Waals surface area contributed by atoms with Gasteiger partial charge in [0, 0.05) is 18.0 Å². The Morgan fingerprint density at radius 1 is 1.00 bits per heavy atom. The van der Waals surface area contributed by atoms with Crippen molar-refractivity contribution in [2.45, 2.75) is 0 Å². The summed E-state index contributed by atoms with van der Waals surface area (Å²) in [5.74, 6) is 1.41. The van der Waals surface area contributed by atoms with Crippen molar-refractivity contribution >= 4 is 27.6 Å². The highest BCUT2D eigenvalue weighted by Crippen LogP contribution is 2.27. The number of aromatic nitrogens is 1. The van der Waals surface area contributed by atoms with Crippen LogP contribution in [0.25, 0.3) is 10.8 Å². The lowest BCUT2D eigenvalue weighted by atomic mass is 10.1. The first-order valence-electron chi connectivity index (χ1n) is 6.04. The molecule has 3 rings (SSSR count). The molecule has 20 heavy (non-hydrogen) atoms. The van der Waals surface area contributed by atoms with Gasteiger partial charge in [0.15, 0.2) is 0 Å². The zero-order chi connectivity index (χ0) is 13.9. The van der Waals surface area contributed by atoms with Crippen molar-refractivity contribution in [1.82, 2.24) is 4.98 Å². The number of carbonyl (C=O) groups excluding carboxylic acids is 1. The molecule has 0 aliphatic carbocycles. The van der Waals surface area contributed by atoms with Crippen molar-refractivity contribution in [1.29, 1.82) is 0 Å². The Morgan fingerprint density at radius 2 is 1.80 bits per heavy atom. The summed E-state index contributed by atoms with van der Waals surface area (Å²) in [7, 11) is 0. The van der Waals surface area contributed by atoms with E-state index in [1.165, 1.54) is 0 Å². The summed E-state index contributed by atoms with van der Waals surface area (Å²) in [5.41, 5.74) is 0.500. The predicted molar refractivity (Wildman–Crippen MR) is 78.4 cm³/mol. The van der Waals surface area contributed by atoms with E-state index in [2.05, 4.69) is 4.98 Å². The van der Waals surface area contributed by atoms with Crippen LogP contribution >= 0.6 is 11.6 Å². The topological polar surface area (TPSA) is 39.2 Å². The van der Waals surface area contributed by atoms with Crippen molar-refractivity contribution < 1.29 is 9.53 Å². The van der Waals surface area contributed by atoms with Gasteiger partial charge in [0.2, 0.25) is 0 Å². The molecule has 0 saturated heterocycles. The zero-order valence-corrected chi connectivity index (χ0v) is 11.2. The van der Waals surface area contributed by atoms with E-state index in [0.29, 0.717) is 17.1 Å². The average molecular weight is 284 g/mol. The summed E-state index contributed by atoms with van der Waals surface area (Å²) >= 11 is 5.57. The van der Waals surface area contributed by atoms with Crippen LogP contribution in [0.15, 0.2) is 60.9 Å². The highest BCUT2D eigenvalue weighted by Gasteiger charge is 2.08. The van der Waals surface area contributed by atoms with E-state index in [-0.39, 0.29) is 0 Å².